The number of carbonyl (C=O) groups is 1. The number of benzene rings is 1. The van der Waals surface area contributed by atoms with Crippen molar-refractivity contribution >= 4 is 6.09 Å². The molecule has 0 saturated carbocycles. The molecule has 1 amide bonds. The number of carbonyl (C=O) groups excluding carboxylic acids is 1. The van der Waals surface area contributed by atoms with E-state index in [-0.39, 0.29) is 6.09 Å². The van der Waals surface area contributed by atoms with Gasteiger partial charge in [0.15, 0.2) is 0 Å². The predicted molar refractivity (Wildman–Crippen MR) is 70.3 cm³/mol. The number of likely N-dealkylation sites (N-methyl/N-ethyl adjacent to an activating group) is 1. The Morgan fingerprint density at radius 2 is 2.11 bits per heavy atom. The van der Waals surface area contributed by atoms with E-state index in [0.29, 0.717) is 12.6 Å². The van der Waals surface area contributed by atoms with Gasteiger partial charge in [0.05, 0.1) is 0 Å². The number of rotatable bonds is 3. The molecule has 1 aromatic rings. The van der Waals surface area contributed by atoms with Crippen LogP contribution in [0.5, 0.6) is 0 Å². The Balaban J connectivity index is 1.79. The standard InChI is InChI=1S/C14H20N2O2/c1-15(2)13-8-9-16(10-13)14(17)18-11-12-6-4-3-5-7-12/h3-7,13H,8-11H2,1-2H3/t13-/m1/s1. The highest BCUT2D eigenvalue weighted by Crippen LogP contribution is 2.14. The molecule has 1 atom stereocenters. The fraction of sp³-hybridized carbons (Fsp3) is 0.500. The van der Waals surface area contributed by atoms with Crippen molar-refractivity contribution in [2.45, 2.75) is 19.1 Å². The van der Waals surface area contributed by atoms with Gasteiger partial charge in [-0.1, -0.05) is 30.3 Å². The largest absolute Gasteiger partial charge is 0.445 e. The number of nitrogens with zero attached hydrogens (tertiary/aromatic N) is 2. The van der Waals surface area contributed by atoms with Gasteiger partial charge in [-0.3, -0.25) is 0 Å². The van der Waals surface area contributed by atoms with E-state index in [1.165, 1.54) is 0 Å². The lowest BCUT2D eigenvalue weighted by molar-refractivity contribution is 0.102. The molecular weight excluding hydrogens is 228 g/mol. The maximum atomic E-state index is 11.9. The van der Waals surface area contributed by atoms with Crippen LogP contribution < -0.4 is 0 Å². The summed E-state index contributed by atoms with van der Waals surface area (Å²) >= 11 is 0. The first-order valence-corrected chi connectivity index (χ1v) is 6.29. The van der Waals surface area contributed by atoms with Crippen molar-refractivity contribution in [1.29, 1.82) is 0 Å². The maximum absolute atomic E-state index is 11.9. The quantitative estimate of drug-likeness (QED) is 0.819. The fourth-order valence-electron chi connectivity index (χ4n) is 2.14. The molecule has 0 unspecified atom stereocenters. The second-order valence-electron chi connectivity index (χ2n) is 4.89. The summed E-state index contributed by atoms with van der Waals surface area (Å²) < 4.78 is 5.31. The average molecular weight is 248 g/mol. The van der Waals surface area contributed by atoms with E-state index in [4.69, 9.17) is 4.74 Å². The van der Waals surface area contributed by atoms with Gasteiger partial charge in [0.25, 0.3) is 0 Å². The zero-order valence-corrected chi connectivity index (χ0v) is 11.0. The Morgan fingerprint density at radius 3 is 2.72 bits per heavy atom. The van der Waals surface area contributed by atoms with Gasteiger partial charge in [0, 0.05) is 19.1 Å². The van der Waals surface area contributed by atoms with Gasteiger partial charge in [-0.05, 0) is 26.1 Å². The lowest BCUT2D eigenvalue weighted by Gasteiger charge is -2.20. The molecule has 1 aliphatic heterocycles. The van der Waals surface area contributed by atoms with Crippen molar-refractivity contribution in [3.05, 3.63) is 35.9 Å². The minimum atomic E-state index is -0.205. The van der Waals surface area contributed by atoms with Crippen LogP contribution >= 0.6 is 0 Å². The summed E-state index contributed by atoms with van der Waals surface area (Å²) in [6, 6.07) is 10.2. The molecule has 0 aromatic heterocycles. The van der Waals surface area contributed by atoms with Crippen LogP contribution in [-0.2, 0) is 11.3 Å². The molecule has 18 heavy (non-hydrogen) atoms. The third-order valence-electron chi connectivity index (χ3n) is 3.36. The molecule has 4 heteroatoms. The molecule has 1 saturated heterocycles. The third-order valence-corrected chi connectivity index (χ3v) is 3.36. The Hall–Kier alpha value is -1.55. The van der Waals surface area contributed by atoms with E-state index in [9.17, 15) is 4.79 Å². The van der Waals surface area contributed by atoms with Crippen LogP contribution in [0.2, 0.25) is 0 Å². The summed E-state index contributed by atoms with van der Waals surface area (Å²) in [7, 11) is 4.09. The number of amides is 1. The SMILES string of the molecule is CN(C)[C@@H]1CCN(C(=O)OCc2ccccc2)C1. The number of hydrogen-bond donors (Lipinski definition) is 0. The van der Waals surface area contributed by atoms with E-state index in [1.807, 2.05) is 44.4 Å². The van der Waals surface area contributed by atoms with Gasteiger partial charge >= 0.3 is 6.09 Å². The molecule has 4 nitrogen and oxygen atoms in total. The first-order valence-electron chi connectivity index (χ1n) is 6.29. The lowest BCUT2D eigenvalue weighted by Crippen LogP contribution is -2.34. The van der Waals surface area contributed by atoms with E-state index >= 15 is 0 Å². The monoisotopic (exact) mass is 248 g/mol. The molecule has 0 spiro atoms. The van der Waals surface area contributed by atoms with Crippen molar-refractivity contribution in [3.63, 3.8) is 0 Å². The highest BCUT2D eigenvalue weighted by molar-refractivity contribution is 5.68. The zero-order valence-electron chi connectivity index (χ0n) is 11.0. The van der Waals surface area contributed by atoms with Crippen molar-refractivity contribution in [2.24, 2.45) is 0 Å². The Kier molecular flexibility index (Phi) is 4.20. The van der Waals surface area contributed by atoms with Gasteiger partial charge in [0.2, 0.25) is 0 Å². The topological polar surface area (TPSA) is 32.8 Å². The highest BCUT2D eigenvalue weighted by atomic mass is 16.6. The highest BCUT2D eigenvalue weighted by Gasteiger charge is 2.28. The molecule has 0 bridgehead atoms. The second kappa shape index (κ2) is 5.87. The fourth-order valence-corrected chi connectivity index (χ4v) is 2.14. The van der Waals surface area contributed by atoms with Crippen molar-refractivity contribution in [3.8, 4) is 0 Å². The van der Waals surface area contributed by atoms with Crippen LogP contribution in [0.15, 0.2) is 30.3 Å². The molecule has 1 aromatic carbocycles. The summed E-state index contributed by atoms with van der Waals surface area (Å²) in [4.78, 5) is 15.8. The minimum Gasteiger partial charge on any atom is -0.445 e. The smallest absolute Gasteiger partial charge is 0.410 e. The first kappa shape index (κ1) is 12.9. The van der Waals surface area contributed by atoms with Crippen LogP contribution in [-0.4, -0.2) is 49.1 Å². The Bertz CT molecular complexity index is 392. The second-order valence-corrected chi connectivity index (χ2v) is 4.89. The van der Waals surface area contributed by atoms with Crippen molar-refractivity contribution in [1.82, 2.24) is 9.80 Å². The molecule has 1 aliphatic rings. The van der Waals surface area contributed by atoms with Crippen LogP contribution in [0.25, 0.3) is 0 Å². The van der Waals surface area contributed by atoms with Gasteiger partial charge < -0.3 is 14.5 Å². The van der Waals surface area contributed by atoms with Gasteiger partial charge in [-0.25, -0.2) is 4.79 Å². The van der Waals surface area contributed by atoms with Crippen LogP contribution in [0.4, 0.5) is 4.79 Å². The number of hydrogen-bond acceptors (Lipinski definition) is 3. The molecule has 0 N–H and O–H groups in total. The lowest BCUT2D eigenvalue weighted by atomic mass is 10.2. The molecule has 2 rings (SSSR count). The van der Waals surface area contributed by atoms with Crippen LogP contribution in [0.3, 0.4) is 0 Å². The summed E-state index contributed by atoms with van der Waals surface area (Å²) in [6.07, 6.45) is 0.816. The summed E-state index contributed by atoms with van der Waals surface area (Å²) in [6.45, 7) is 1.90. The molecule has 98 valence electrons. The van der Waals surface area contributed by atoms with Crippen LogP contribution in [0, 0.1) is 0 Å². The molecule has 0 aliphatic carbocycles. The summed E-state index contributed by atoms with van der Waals surface area (Å²) in [5, 5.41) is 0. The Labute approximate surface area is 108 Å². The summed E-state index contributed by atoms with van der Waals surface area (Å²) in [5.41, 5.74) is 1.02. The summed E-state index contributed by atoms with van der Waals surface area (Å²) in [5.74, 6) is 0. The van der Waals surface area contributed by atoms with Gasteiger partial charge in [-0.2, -0.15) is 0 Å². The first-order chi connectivity index (χ1) is 8.66. The Morgan fingerprint density at radius 1 is 1.39 bits per heavy atom. The normalized spacial score (nSPS) is 19.3. The molecule has 1 heterocycles. The number of likely N-dealkylation sites (tertiary alicyclic amines) is 1. The third kappa shape index (κ3) is 3.23. The maximum Gasteiger partial charge on any atom is 0.410 e. The zero-order chi connectivity index (χ0) is 13.0. The van der Waals surface area contributed by atoms with E-state index < -0.39 is 0 Å². The molecule has 0 radical (unpaired) electrons. The molecule has 1 fully saturated rings. The van der Waals surface area contributed by atoms with Crippen molar-refractivity contribution in [2.75, 3.05) is 27.2 Å². The van der Waals surface area contributed by atoms with Crippen molar-refractivity contribution < 1.29 is 9.53 Å². The molecular formula is C14H20N2O2. The number of ether oxygens (including phenoxy) is 1. The predicted octanol–water partition coefficient (Wildman–Crippen LogP) is 1.96. The van der Waals surface area contributed by atoms with E-state index in [0.717, 1.165) is 25.1 Å². The van der Waals surface area contributed by atoms with Crippen LogP contribution in [0.1, 0.15) is 12.0 Å². The minimum absolute atomic E-state index is 0.205. The van der Waals surface area contributed by atoms with Gasteiger partial charge in [-0.15, -0.1) is 0 Å². The van der Waals surface area contributed by atoms with E-state index in [1.54, 1.807) is 4.90 Å². The average Bonchev–Trinajstić information content (AvgIpc) is 2.87. The van der Waals surface area contributed by atoms with Gasteiger partial charge in [0.1, 0.15) is 6.61 Å². The van der Waals surface area contributed by atoms with E-state index in [2.05, 4.69) is 4.90 Å².